The number of rotatable bonds is 8. The summed E-state index contributed by atoms with van der Waals surface area (Å²) in [6.07, 6.45) is 2.97. The van der Waals surface area contributed by atoms with Crippen LogP contribution in [-0.2, 0) is 19.6 Å². The van der Waals surface area contributed by atoms with Crippen LogP contribution in [0.25, 0.3) is 0 Å². The standard InChI is InChI=1S/C14H21N5O/c1-2-12-5-7-13(8-6-12)20-11-14-16-17-18-19(14)10-4-3-9-15/h5-8H,2-4,9-11,15H2,1H3. The summed E-state index contributed by atoms with van der Waals surface area (Å²) in [5.74, 6) is 1.57. The summed E-state index contributed by atoms with van der Waals surface area (Å²) in [5, 5.41) is 11.6. The maximum absolute atomic E-state index is 5.71. The van der Waals surface area contributed by atoms with Gasteiger partial charge in [-0.15, -0.1) is 5.10 Å². The molecule has 0 spiro atoms. The van der Waals surface area contributed by atoms with Crippen LogP contribution < -0.4 is 10.5 Å². The van der Waals surface area contributed by atoms with E-state index in [1.54, 1.807) is 4.68 Å². The average molecular weight is 275 g/mol. The molecule has 6 nitrogen and oxygen atoms in total. The lowest BCUT2D eigenvalue weighted by atomic mass is 10.2. The molecule has 2 aromatic rings. The molecular weight excluding hydrogens is 254 g/mol. The summed E-state index contributed by atoms with van der Waals surface area (Å²) < 4.78 is 7.48. The van der Waals surface area contributed by atoms with Crippen LogP contribution in [-0.4, -0.2) is 26.8 Å². The number of hydrogen-bond donors (Lipinski definition) is 1. The molecular formula is C14H21N5O. The fraction of sp³-hybridized carbons (Fsp3) is 0.500. The second kappa shape index (κ2) is 7.59. The second-order valence-electron chi connectivity index (χ2n) is 4.60. The van der Waals surface area contributed by atoms with Crippen molar-refractivity contribution in [3.05, 3.63) is 35.7 Å². The van der Waals surface area contributed by atoms with Gasteiger partial charge >= 0.3 is 0 Å². The lowest BCUT2D eigenvalue weighted by Gasteiger charge is -2.07. The topological polar surface area (TPSA) is 78.9 Å². The van der Waals surface area contributed by atoms with E-state index in [2.05, 4.69) is 34.6 Å². The second-order valence-corrected chi connectivity index (χ2v) is 4.60. The summed E-state index contributed by atoms with van der Waals surface area (Å²) in [4.78, 5) is 0. The SMILES string of the molecule is CCc1ccc(OCc2nnnn2CCCCN)cc1. The van der Waals surface area contributed by atoms with Crippen LogP contribution in [0.5, 0.6) is 5.75 Å². The van der Waals surface area contributed by atoms with Gasteiger partial charge in [0.05, 0.1) is 0 Å². The Kier molecular flexibility index (Phi) is 5.49. The van der Waals surface area contributed by atoms with Gasteiger partial charge < -0.3 is 10.5 Å². The fourth-order valence-corrected chi connectivity index (χ4v) is 1.88. The van der Waals surface area contributed by atoms with Gasteiger partial charge in [0.15, 0.2) is 5.82 Å². The number of benzene rings is 1. The molecule has 0 fully saturated rings. The molecule has 0 aliphatic heterocycles. The highest BCUT2D eigenvalue weighted by atomic mass is 16.5. The molecule has 0 aliphatic rings. The van der Waals surface area contributed by atoms with Crippen LogP contribution >= 0.6 is 0 Å². The lowest BCUT2D eigenvalue weighted by molar-refractivity contribution is 0.285. The molecule has 0 aliphatic carbocycles. The Bertz CT molecular complexity index is 509. The van der Waals surface area contributed by atoms with E-state index < -0.39 is 0 Å². The summed E-state index contributed by atoms with van der Waals surface area (Å²) in [6.45, 7) is 3.97. The summed E-state index contributed by atoms with van der Waals surface area (Å²) in [6, 6.07) is 8.09. The smallest absolute Gasteiger partial charge is 0.189 e. The third-order valence-electron chi connectivity index (χ3n) is 3.13. The van der Waals surface area contributed by atoms with Crippen LogP contribution in [0.3, 0.4) is 0 Å². The van der Waals surface area contributed by atoms with E-state index >= 15 is 0 Å². The van der Waals surface area contributed by atoms with Gasteiger partial charge in [0, 0.05) is 6.54 Å². The number of aromatic nitrogens is 4. The van der Waals surface area contributed by atoms with E-state index in [-0.39, 0.29) is 0 Å². The van der Waals surface area contributed by atoms with Crippen molar-refractivity contribution < 1.29 is 4.74 Å². The van der Waals surface area contributed by atoms with E-state index in [1.807, 2.05) is 12.1 Å². The summed E-state index contributed by atoms with van der Waals surface area (Å²) >= 11 is 0. The Morgan fingerprint density at radius 2 is 2.00 bits per heavy atom. The molecule has 0 bridgehead atoms. The quantitative estimate of drug-likeness (QED) is 0.739. The molecule has 0 unspecified atom stereocenters. The van der Waals surface area contributed by atoms with Crippen molar-refractivity contribution >= 4 is 0 Å². The van der Waals surface area contributed by atoms with Gasteiger partial charge in [0.25, 0.3) is 0 Å². The predicted octanol–water partition coefficient (Wildman–Crippen LogP) is 1.55. The molecule has 1 heterocycles. The number of aryl methyl sites for hydroxylation is 2. The van der Waals surface area contributed by atoms with Gasteiger partial charge in [0.2, 0.25) is 0 Å². The molecule has 0 saturated heterocycles. The highest BCUT2D eigenvalue weighted by Crippen LogP contribution is 2.13. The Morgan fingerprint density at radius 3 is 2.70 bits per heavy atom. The Morgan fingerprint density at radius 1 is 1.20 bits per heavy atom. The molecule has 2 N–H and O–H groups in total. The van der Waals surface area contributed by atoms with Crippen molar-refractivity contribution in [2.24, 2.45) is 5.73 Å². The third-order valence-corrected chi connectivity index (χ3v) is 3.13. The molecule has 108 valence electrons. The van der Waals surface area contributed by atoms with Crippen LogP contribution in [0, 0.1) is 0 Å². The van der Waals surface area contributed by atoms with E-state index in [0.717, 1.165) is 37.4 Å². The highest BCUT2D eigenvalue weighted by Gasteiger charge is 2.06. The minimum atomic E-state index is 0.376. The fourth-order valence-electron chi connectivity index (χ4n) is 1.88. The summed E-state index contributed by atoms with van der Waals surface area (Å²) in [7, 11) is 0. The first-order valence-corrected chi connectivity index (χ1v) is 7.00. The van der Waals surface area contributed by atoms with Crippen LogP contribution in [0.15, 0.2) is 24.3 Å². The number of tetrazole rings is 1. The zero-order valence-corrected chi connectivity index (χ0v) is 11.8. The van der Waals surface area contributed by atoms with Crippen molar-refractivity contribution in [2.45, 2.75) is 39.3 Å². The zero-order chi connectivity index (χ0) is 14.2. The van der Waals surface area contributed by atoms with Gasteiger partial charge in [0.1, 0.15) is 12.4 Å². The number of nitrogens with two attached hydrogens (primary N) is 1. The van der Waals surface area contributed by atoms with E-state index in [1.165, 1.54) is 5.56 Å². The first-order chi connectivity index (χ1) is 9.83. The van der Waals surface area contributed by atoms with Crippen LogP contribution in [0.4, 0.5) is 0 Å². The summed E-state index contributed by atoms with van der Waals surface area (Å²) in [5.41, 5.74) is 6.77. The largest absolute Gasteiger partial charge is 0.486 e. The van der Waals surface area contributed by atoms with E-state index in [9.17, 15) is 0 Å². The molecule has 2 rings (SSSR count). The normalized spacial score (nSPS) is 10.7. The van der Waals surface area contributed by atoms with Crippen molar-refractivity contribution in [1.29, 1.82) is 0 Å². The predicted molar refractivity (Wildman–Crippen MR) is 76.3 cm³/mol. The molecule has 1 aromatic heterocycles. The highest BCUT2D eigenvalue weighted by molar-refractivity contribution is 5.27. The molecule has 0 atom stereocenters. The van der Waals surface area contributed by atoms with Gasteiger partial charge in [-0.25, -0.2) is 4.68 Å². The minimum Gasteiger partial charge on any atom is -0.486 e. The molecule has 0 amide bonds. The van der Waals surface area contributed by atoms with Gasteiger partial charge in [-0.3, -0.25) is 0 Å². The molecule has 0 saturated carbocycles. The number of hydrogen-bond acceptors (Lipinski definition) is 5. The number of unbranched alkanes of at least 4 members (excludes halogenated alkanes) is 1. The van der Waals surface area contributed by atoms with Gasteiger partial charge in [-0.05, 0) is 53.9 Å². The first kappa shape index (κ1) is 14.5. The van der Waals surface area contributed by atoms with Crippen LogP contribution in [0.2, 0.25) is 0 Å². The van der Waals surface area contributed by atoms with Crippen molar-refractivity contribution in [2.75, 3.05) is 6.54 Å². The molecule has 20 heavy (non-hydrogen) atoms. The monoisotopic (exact) mass is 275 g/mol. The minimum absolute atomic E-state index is 0.376. The van der Waals surface area contributed by atoms with Crippen molar-refractivity contribution in [3.8, 4) is 5.75 Å². The Labute approximate surface area is 118 Å². The van der Waals surface area contributed by atoms with E-state index in [4.69, 9.17) is 10.5 Å². The molecule has 6 heteroatoms. The Hall–Kier alpha value is -1.95. The number of nitrogens with zero attached hydrogens (tertiary/aromatic N) is 4. The Balaban J connectivity index is 1.88. The zero-order valence-electron chi connectivity index (χ0n) is 11.8. The number of ether oxygens (including phenoxy) is 1. The third kappa shape index (κ3) is 4.03. The lowest BCUT2D eigenvalue weighted by Crippen LogP contribution is -2.10. The van der Waals surface area contributed by atoms with Crippen LogP contribution in [0.1, 0.15) is 31.2 Å². The van der Waals surface area contributed by atoms with Crippen molar-refractivity contribution in [1.82, 2.24) is 20.2 Å². The van der Waals surface area contributed by atoms with Gasteiger partial charge in [-0.1, -0.05) is 19.1 Å². The average Bonchev–Trinajstić information content (AvgIpc) is 2.93. The first-order valence-electron chi connectivity index (χ1n) is 7.00. The molecule has 1 aromatic carbocycles. The maximum atomic E-state index is 5.71. The molecule has 0 radical (unpaired) electrons. The van der Waals surface area contributed by atoms with Gasteiger partial charge in [-0.2, -0.15) is 0 Å². The van der Waals surface area contributed by atoms with Crippen molar-refractivity contribution in [3.63, 3.8) is 0 Å². The van der Waals surface area contributed by atoms with E-state index in [0.29, 0.717) is 13.2 Å². The maximum Gasteiger partial charge on any atom is 0.189 e.